The van der Waals surface area contributed by atoms with Gasteiger partial charge in [0.05, 0.1) is 0 Å². The van der Waals surface area contributed by atoms with Crippen LogP contribution in [0.5, 0.6) is 0 Å². The van der Waals surface area contributed by atoms with Crippen LogP contribution in [0.1, 0.15) is 13.8 Å². The molecule has 54 valence electrons. The fourth-order valence-corrected chi connectivity index (χ4v) is 0. The summed E-state index contributed by atoms with van der Waals surface area (Å²) in [5.74, 6) is 8.17. The highest BCUT2D eigenvalue weighted by Gasteiger charge is 1.62. The largest absolute Gasteiger partial charge is 0.412 e. The highest BCUT2D eigenvalue weighted by atomic mass is 16.1. The first kappa shape index (κ1) is 25.8. The van der Waals surface area contributed by atoms with Gasteiger partial charge in [-0.3, -0.25) is 11.7 Å². The minimum Gasteiger partial charge on any atom is -0.412 e. The van der Waals surface area contributed by atoms with Crippen LogP contribution >= 0.6 is 0 Å². The molecular formula is C3H14N2O3. The van der Waals surface area contributed by atoms with Crippen molar-refractivity contribution in [3.63, 3.8) is 0 Å². The van der Waals surface area contributed by atoms with Crippen molar-refractivity contribution in [2.45, 2.75) is 13.8 Å². The molecule has 0 saturated carbocycles. The van der Waals surface area contributed by atoms with Crippen LogP contribution in [0.25, 0.3) is 0 Å². The molecule has 0 aliphatic carbocycles. The van der Waals surface area contributed by atoms with E-state index < -0.39 is 0 Å². The van der Waals surface area contributed by atoms with E-state index in [-0.39, 0.29) is 16.7 Å². The zero-order valence-electron chi connectivity index (χ0n) is 5.06. The van der Waals surface area contributed by atoms with Gasteiger partial charge in [0.2, 0.25) is 0 Å². The van der Waals surface area contributed by atoms with Gasteiger partial charge in [-0.05, 0) is 13.8 Å². The van der Waals surface area contributed by atoms with Gasteiger partial charge in [0.1, 0.15) is 5.78 Å². The second-order valence-electron chi connectivity index (χ2n) is 0.908. The predicted octanol–water partition coefficient (Wildman–Crippen LogP) is -2.24. The van der Waals surface area contributed by atoms with E-state index in [2.05, 4.69) is 11.7 Å². The van der Waals surface area contributed by atoms with Crippen molar-refractivity contribution in [1.29, 1.82) is 0 Å². The van der Waals surface area contributed by atoms with Crippen LogP contribution in [-0.4, -0.2) is 16.7 Å². The van der Waals surface area contributed by atoms with Crippen LogP contribution in [0.15, 0.2) is 0 Å². The number of ketones is 1. The zero-order valence-corrected chi connectivity index (χ0v) is 5.06. The lowest BCUT2D eigenvalue weighted by molar-refractivity contribution is -0.114. The van der Waals surface area contributed by atoms with Gasteiger partial charge in [-0.1, -0.05) is 0 Å². The summed E-state index contributed by atoms with van der Waals surface area (Å²) in [5, 5.41) is 0. The maximum atomic E-state index is 9.44. The maximum Gasteiger partial charge on any atom is 0.126 e. The van der Waals surface area contributed by atoms with Gasteiger partial charge in [0.25, 0.3) is 0 Å². The minimum atomic E-state index is 0. The quantitative estimate of drug-likeness (QED) is 0.281. The molecule has 0 spiro atoms. The van der Waals surface area contributed by atoms with Crippen molar-refractivity contribution in [2.24, 2.45) is 11.7 Å². The molecule has 0 aromatic carbocycles. The number of Topliss-reactive ketones (excluding diaryl/α,β-unsaturated/α-hetero) is 1. The van der Waals surface area contributed by atoms with Crippen LogP contribution in [-0.2, 0) is 4.79 Å². The van der Waals surface area contributed by atoms with E-state index in [1.807, 2.05) is 0 Å². The number of hydrogen-bond acceptors (Lipinski definition) is 3. The zero-order chi connectivity index (χ0) is 5.58. The Bertz CT molecular complexity index is 35.5. The number of carbonyl (C=O) groups is 1. The molecule has 0 saturated heterocycles. The molecule has 0 amide bonds. The van der Waals surface area contributed by atoms with E-state index in [1.165, 1.54) is 13.8 Å². The molecule has 0 atom stereocenters. The highest BCUT2D eigenvalue weighted by molar-refractivity contribution is 5.72. The van der Waals surface area contributed by atoms with Crippen molar-refractivity contribution in [1.82, 2.24) is 0 Å². The van der Waals surface area contributed by atoms with Crippen LogP contribution in [0.2, 0.25) is 0 Å². The SMILES string of the molecule is CC(C)=O.NN.O.O. The average Bonchev–Trinajstić information content (AvgIpc) is 1.41. The molecular weight excluding hydrogens is 112 g/mol. The summed E-state index contributed by atoms with van der Waals surface area (Å²) in [6, 6.07) is 0. The molecule has 0 aromatic rings. The molecule has 5 heteroatoms. The Labute approximate surface area is 48.2 Å². The van der Waals surface area contributed by atoms with Gasteiger partial charge in [-0.25, -0.2) is 0 Å². The van der Waals surface area contributed by atoms with Crippen molar-refractivity contribution in [3.05, 3.63) is 0 Å². The molecule has 0 bridgehead atoms. The molecule has 0 unspecified atom stereocenters. The number of hydrogen-bond donors (Lipinski definition) is 2. The van der Waals surface area contributed by atoms with Crippen LogP contribution in [0, 0.1) is 0 Å². The van der Waals surface area contributed by atoms with Crippen LogP contribution < -0.4 is 11.7 Å². The molecule has 0 radical (unpaired) electrons. The summed E-state index contributed by atoms with van der Waals surface area (Å²) >= 11 is 0. The van der Waals surface area contributed by atoms with E-state index in [0.29, 0.717) is 0 Å². The summed E-state index contributed by atoms with van der Waals surface area (Å²) in [5.41, 5.74) is 0. The van der Waals surface area contributed by atoms with Crippen molar-refractivity contribution < 1.29 is 15.7 Å². The molecule has 5 nitrogen and oxygen atoms in total. The number of carbonyl (C=O) groups excluding carboxylic acids is 1. The summed E-state index contributed by atoms with van der Waals surface area (Å²) < 4.78 is 0. The lowest BCUT2D eigenvalue weighted by Crippen LogP contribution is -2.02. The third kappa shape index (κ3) is 467. The summed E-state index contributed by atoms with van der Waals surface area (Å²) in [6.07, 6.45) is 0. The Morgan fingerprint density at radius 3 is 1.12 bits per heavy atom. The monoisotopic (exact) mass is 126 g/mol. The fraction of sp³-hybridized carbons (Fsp3) is 0.667. The standard InChI is InChI=1S/C3H6O.H4N2.2H2O/c1-3(2)4;1-2;;/h1-2H3;1-2H2;2*1H2. The Hall–Kier alpha value is -0.490. The summed E-state index contributed by atoms with van der Waals surface area (Å²) in [4.78, 5) is 9.44. The Kier molecular flexibility index (Phi) is 101. The first-order valence-electron chi connectivity index (χ1n) is 1.54. The summed E-state index contributed by atoms with van der Waals surface area (Å²) in [6.45, 7) is 3.06. The normalized spacial score (nSPS) is 4.00. The van der Waals surface area contributed by atoms with Crippen molar-refractivity contribution in [3.8, 4) is 0 Å². The van der Waals surface area contributed by atoms with Gasteiger partial charge in [0, 0.05) is 0 Å². The lowest BCUT2D eigenvalue weighted by Gasteiger charge is -1.56. The predicted molar refractivity (Wildman–Crippen MR) is 32.0 cm³/mol. The van der Waals surface area contributed by atoms with Gasteiger partial charge in [0.15, 0.2) is 0 Å². The molecule has 0 aliphatic heterocycles. The molecule has 0 fully saturated rings. The van der Waals surface area contributed by atoms with Crippen molar-refractivity contribution >= 4 is 5.78 Å². The topological polar surface area (TPSA) is 132 Å². The third-order valence-electron chi connectivity index (χ3n) is 0. The van der Waals surface area contributed by atoms with E-state index in [1.54, 1.807) is 0 Å². The number of hydrazine groups is 1. The van der Waals surface area contributed by atoms with Gasteiger partial charge in [-0.2, -0.15) is 0 Å². The van der Waals surface area contributed by atoms with E-state index in [0.717, 1.165) is 0 Å². The molecule has 0 rings (SSSR count). The fourth-order valence-electron chi connectivity index (χ4n) is 0. The number of rotatable bonds is 0. The minimum absolute atomic E-state index is 0. The van der Waals surface area contributed by atoms with E-state index in [4.69, 9.17) is 0 Å². The Morgan fingerprint density at radius 2 is 1.12 bits per heavy atom. The second kappa shape index (κ2) is 31.4. The molecule has 0 heterocycles. The molecule has 8 heavy (non-hydrogen) atoms. The first-order chi connectivity index (χ1) is 2.73. The van der Waals surface area contributed by atoms with E-state index in [9.17, 15) is 4.79 Å². The van der Waals surface area contributed by atoms with Crippen molar-refractivity contribution in [2.75, 3.05) is 0 Å². The summed E-state index contributed by atoms with van der Waals surface area (Å²) in [7, 11) is 0. The molecule has 8 N–H and O–H groups in total. The average molecular weight is 126 g/mol. The third-order valence-corrected chi connectivity index (χ3v) is 0. The lowest BCUT2D eigenvalue weighted by atomic mass is 10.6. The molecule has 0 aliphatic rings. The Morgan fingerprint density at radius 1 is 1.12 bits per heavy atom. The first-order valence-corrected chi connectivity index (χ1v) is 1.54. The van der Waals surface area contributed by atoms with Gasteiger partial charge >= 0.3 is 0 Å². The second-order valence-corrected chi connectivity index (χ2v) is 0.908. The Balaban J connectivity index is -0.0000000183. The maximum absolute atomic E-state index is 9.44. The van der Waals surface area contributed by atoms with E-state index >= 15 is 0 Å². The molecule has 0 aromatic heterocycles. The van der Waals surface area contributed by atoms with Crippen LogP contribution in [0.3, 0.4) is 0 Å². The number of nitrogens with two attached hydrogens (primary N) is 2. The van der Waals surface area contributed by atoms with Gasteiger partial charge < -0.3 is 15.7 Å². The van der Waals surface area contributed by atoms with Crippen LogP contribution in [0.4, 0.5) is 0 Å². The highest BCUT2D eigenvalue weighted by Crippen LogP contribution is 1.50. The smallest absolute Gasteiger partial charge is 0.126 e. The van der Waals surface area contributed by atoms with Gasteiger partial charge in [-0.15, -0.1) is 0 Å².